The number of nitrogens with zero attached hydrogens (tertiary/aromatic N) is 2. The maximum absolute atomic E-state index is 13.1. The predicted octanol–water partition coefficient (Wildman–Crippen LogP) is 6.56. The number of amides is 2. The van der Waals surface area contributed by atoms with Crippen molar-refractivity contribution in [3.05, 3.63) is 39.4 Å². The van der Waals surface area contributed by atoms with Crippen LogP contribution in [0.3, 0.4) is 0 Å². The van der Waals surface area contributed by atoms with Crippen molar-refractivity contribution >= 4 is 63.6 Å². The summed E-state index contributed by atoms with van der Waals surface area (Å²) in [6.45, 7) is 5.63. The molecule has 4 rings (SSSR count). The predicted molar refractivity (Wildman–Crippen MR) is 154 cm³/mol. The Bertz CT molecular complexity index is 1450. The van der Waals surface area contributed by atoms with Crippen molar-refractivity contribution in [3.8, 4) is 0 Å². The molecule has 2 aromatic heterocycles. The van der Waals surface area contributed by atoms with Gasteiger partial charge in [0.25, 0.3) is 5.91 Å². The summed E-state index contributed by atoms with van der Waals surface area (Å²) < 4.78 is 39.0. The van der Waals surface area contributed by atoms with E-state index in [9.17, 15) is 22.8 Å². The van der Waals surface area contributed by atoms with E-state index in [0.29, 0.717) is 32.5 Å². The summed E-state index contributed by atoms with van der Waals surface area (Å²) >= 11 is 13.0. The Morgan fingerprint density at radius 2 is 1.76 bits per heavy atom. The smallest absolute Gasteiger partial charge is 0.372 e. The molecule has 0 radical (unpaired) electrons. The molecule has 14 heteroatoms. The number of halogens is 5. The number of aromatic amines is 1. The van der Waals surface area contributed by atoms with Gasteiger partial charge in [-0.2, -0.15) is 18.2 Å². The highest BCUT2D eigenvalue weighted by Gasteiger charge is 2.41. The molecule has 1 saturated carbocycles. The minimum atomic E-state index is -4.21. The first-order chi connectivity index (χ1) is 19.2. The number of pyridine rings is 1. The molecule has 2 heterocycles. The molecular formula is C27H32Cl2F3N7O2. The summed E-state index contributed by atoms with van der Waals surface area (Å²) in [5, 5.41) is 12.3. The molecule has 1 aromatic carbocycles. The summed E-state index contributed by atoms with van der Waals surface area (Å²) in [6.07, 6.45) is -3.75. The van der Waals surface area contributed by atoms with Gasteiger partial charge in [-0.1, -0.05) is 50.0 Å². The molecule has 0 saturated heterocycles. The first-order valence-electron chi connectivity index (χ1n) is 13.2. The monoisotopic (exact) mass is 613 g/mol. The standard InChI is InChI=1S/C27H32Cl2F3N7O2/c1-26(2,3)24(41)34-12-13-5-10-17(28)20(19(13)29)37-25-36-18-11-16(21(33-4)38-22(18)39-25)23(40)35-15-8-6-14(7-9-15)27(30,31)32/h5,10-11,14-15H,6-9,12H2,1-4H3,(H,34,41)(H,35,40)(H3,33,36,37,38,39). The summed E-state index contributed by atoms with van der Waals surface area (Å²) in [4.78, 5) is 37.3. The van der Waals surface area contributed by atoms with E-state index in [-0.39, 0.29) is 61.5 Å². The highest BCUT2D eigenvalue weighted by Crippen LogP contribution is 2.38. The Labute approximate surface area is 245 Å². The number of hydrogen-bond donors (Lipinski definition) is 5. The molecule has 9 nitrogen and oxygen atoms in total. The molecule has 0 aliphatic heterocycles. The molecular weight excluding hydrogens is 582 g/mol. The van der Waals surface area contributed by atoms with Gasteiger partial charge >= 0.3 is 6.18 Å². The first-order valence-corrected chi connectivity index (χ1v) is 13.9. The number of hydrogen-bond acceptors (Lipinski definition) is 6. The van der Waals surface area contributed by atoms with Crippen LogP contribution >= 0.6 is 23.2 Å². The van der Waals surface area contributed by atoms with E-state index < -0.39 is 23.4 Å². The highest BCUT2D eigenvalue weighted by atomic mass is 35.5. The molecule has 0 bridgehead atoms. The Kier molecular flexibility index (Phi) is 8.93. The average molecular weight is 615 g/mol. The van der Waals surface area contributed by atoms with Crippen molar-refractivity contribution in [1.82, 2.24) is 25.6 Å². The van der Waals surface area contributed by atoms with Gasteiger partial charge in [-0.15, -0.1) is 0 Å². The summed E-state index contributed by atoms with van der Waals surface area (Å²) in [5.41, 5.74) is 1.43. The van der Waals surface area contributed by atoms with Crippen LogP contribution < -0.4 is 21.3 Å². The number of carbonyl (C=O) groups is 2. The zero-order chi connectivity index (χ0) is 30.1. The second kappa shape index (κ2) is 11.9. The van der Waals surface area contributed by atoms with Crippen LogP contribution in [0.4, 0.5) is 30.6 Å². The van der Waals surface area contributed by atoms with Gasteiger partial charge in [0.15, 0.2) is 5.65 Å². The number of nitrogens with one attached hydrogen (secondary N) is 5. The van der Waals surface area contributed by atoms with Gasteiger partial charge in [0.05, 0.1) is 32.7 Å². The van der Waals surface area contributed by atoms with E-state index in [0.717, 1.165) is 0 Å². The number of imidazole rings is 1. The minimum Gasteiger partial charge on any atom is -0.372 e. The lowest BCUT2D eigenvalue weighted by molar-refractivity contribution is -0.182. The van der Waals surface area contributed by atoms with Crippen molar-refractivity contribution in [2.24, 2.45) is 11.3 Å². The topological polar surface area (TPSA) is 124 Å². The van der Waals surface area contributed by atoms with Gasteiger partial charge in [0.1, 0.15) is 5.82 Å². The fourth-order valence-corrected chi connectivity index (χ4v) is 5.13. The molecule has 1 fully saturated rings. The SMILES string of the molecule is CNc1nc2nc(Nc3c(Cl)ccc(CNC(=O)C(C)(C)C)c3Cl)[nH]c2cc1C(=O)NC1CCC(C(F)(F)F)CC1. The van der Waals surface area contributed by atoms with Crippen molar-refractivity contribution in [3.63, 3.8) is 0 Å². The average Bonchev–Trinajstić information content (AvgIpc) is 3.30. The number of fused-ring (bicyclic) bond motifs is 1. The fourth-order valence-electron chi connectivity index (χ4n) is 4.60. The third-order valence-corrected chi connectivity index (χ3v) is 7.76. The zero-order valence-electron chi connectivity index (χ0n) is 23.0. The quantitative estimate of drug-likeness (QED) is 0.205. The molecule has 1 aliphatic carbocycles. The maximum atomic E-state index is 13.1. The molecule has 1 aliphatic rings. The Balaban J connectivity index is 1.51. The number of benzene rings is 1. The second-order valence-electron chi connectivity index (χ2n) is 11.1. The van der Waals surface area contributed by atoms with Crippen LogP contribution in [0.5, 0.6) is 0 Å². The molecule has 0 atom stereocenters. The van der Waals surface area contributed by atoms with Crippen LogP contribution in [-0.2, 0) is 11.3 Å². The van der Waals surface area contributed by atoms with Crippen molar-refractivity contribution in [1.29, 1.82) is 0 Å². The van der Waals surface area contributed by atoms with Gasteiger partial charge in [0, 0.05) is 25.0 Å². The lowest BCUT2D eigenvalue weighted by Gasteiger charge is -2.30. The Hall–Kier alpha value is -3.25. The number of alkyl halides is 3. The van der Waals surface area contributed by atoms with Crippen molar-refractivity contribution < 1.29 is 22.8 Å². The van der Waals surface area contributed by atoms with E-state index in [1.165, 1.54) is 0 Å². The van der Waals surface area contributed by atoms with Gasteiger partial charge in [-0.3, -0.25) is 9.59 Å². The zero-order valence-corrected chi connectivity index (χ0v) is 24.5. The van der Waals surface area contributed by atoms with Crippen LogP contribution in [0.1, 0.15) is 62.4 Å². The summed E-state index contributed by atoms with van der Waals surface area (Å²) in [5.74, 6) is -1.38. The summed E-state index contributed by atoms with van der Waals surface area (Å²) in [7, 11) is 1.61. The lowest BCUT2D eigenvalue weighted by Crippen LogP contribution is -2.40. The highest BCUT2D eigenvalue weighted by molar-refractivity contribution is 6.39. The van der Waals surface area contributed by atoms with Gasteiger partial charge < -0.3 is 26.3 Å². The third kappa shape index (κ3) is 7.16. The number of anilines is 3. The normalized spacial score (nSPS) is 17.8. The number of H-pyrrole nitrogens is 1. The fraction of sp³-hybridized carbons (Fsp3) is 0.481. The molecule has 222 valence electrons. The molecule has 2 amide bonds. The Morgan fingerprint density at radius 3 is 2.37 bits per heavy atom. The molecule has 41 heavy (non-hydrogen) atoms. The van der Waals surface area contributed by atoms with Gasteiger partial charge in [-0.25, -0.2) is 4.98 Å². The van der Waals surface area contributed by atoms with E-state index >= 15 is 0 Å². The Morgan fingerprint density at radius 1 is 1.07 bits per heavy atom. The van der Waals surface area contributed by atoms with E-state index in [2.05, 4.69) is 36.2 Å². The van der Waals surface area contributed by atoms with Gasteiger partial charge in [0.2, 0.25) is 11.9 Å². The number of aromatic nitrogens is 3. The minimum absolute atomic E-state index is 0.0184. The van der Waals surface area contributed by atoms with Crippen LogP contribution in [0.15, 0.2) is 18.2 Å². The van der Waals surface area contributed by atoms with Crippen LogP contribution in [-0.4, -0.2) is 46.0 Å². The first kappa shape index (κ1) is 30.7. The van der Waals surface area contributed by atoms with Gasteiger partial charge in [-0.05, 0) is 43.4 Å². The molecule has 0 unspecified atom stereocenters. The van der Waals surface area contributed by atoms with Crippen LogP contribution in [0, 0.1) is 11.3 Å². The van der Waals surface area contributed by atoms with E-state index in [4.69, 9.17) is 23.2 Å². The second-order valence-corrected chi connectivity index (χ2v) is 11.9. The number of carbonyl (C=O) groups excluding carboxylic acids is 2. The van der Waals surface area contributed by atoms with Crippen molar-refractivity contribution in [2.45, 2.75) is 65.2 Å². The van der Waals surface area contributed by atoms with Crippen LogP contribution in [0.2, 0.25) is 10.0 Å². The molecule has 3 aromatic rings. The van der Waals surface area contributed by atoms with E-state index in [1.54, 1.807) is 25.2 Å². The lowest BCUT2D eigenvalue weighted by atomic mass is 9.85. The third-order valence-electron chi connectivity index (χ3n) is 7.01. The molecule has 0 spiro atoms. The maximum Gasteiger partial charge on any atom is 0.391 e. The van der Waals surface area contributed by atoms with Crippen LogP contribution in [0.25, 0.3) is 11.2 Å². The van der Waals surface area contributed by atoms with E-state index in [1.807, 2.05) is 20.8 Å². The van der Waals surface area contributed by atoms with Crippen molar-refractivity contribution in [2.75, 3.05) is 17.7 Å². The summed E-state index contributed by atoms with van der Waals surface area (Å²) in [6, 6.07) is 4.59. The largest absolute Gasteiger partial charge is 0.391 e. The number of rotatable bonds is 7. The molecule has 5 N–H and O–H groups in total.